The number of rotatable bonds is 8. The van der Waals surface area contributed by atoms with E-state index in [1.165, 1.54) is 0 Å². The predicted molar refractivity (Wildman–Crippen MR) is 69.6 cm³/mol. The van der Waals surface area contributed by atoms with Crippen LogP contribution in [0.15, 0.2) is 0 Å². The van der Waals surface area contributed by atoms with Gasteiger partial charge >= 0.3 is 0 Å². The minimum absolute atomic E-state index is 0.0289. The van der Waals surface area contributed by atoms with Crippen molar-refractivity contribution >= 4 is 12.3 Å². The summed E-state index contributed by atoms with van der Waals surface area (Å²) in [5.74, 6) is 0.0886. The van der Waals surface area contributed by atoms with Crippen molar-refractivity contribution < 1.29 is 9.59 Å². The van der Waals surface area contributed by atoms with Crippen LogP contribution in [0.25, 0.3) is 0 Å². The van der Waals surface area contributed by atoms with Crippen molar-refractivity contribution in [2.75, 3.05) is 19.6 Å². The summed E-state index contributed by atoms with van der Waals surface area (Å²) in [6.07, 6.45) is 3.20. The SMILES string of the molecule is CCCN(C=O)CCCNC(=O)CC(C)(C)C. The van der Waals surface area contributed by atoms with Gasteiger partial charge in [0.25, 0.3) is 0 Å². The summed E-state index contributed by atoms with van der Waals surface area (Å²) in [6.45, 7) is 10.3. The lowest BCUT2D eigenvalue weighted by Gasteiger charge is -2.18. The van der Waals surface area contributed by atoms with Gasteiger partial charge in [-0.15, -0.1) is 0 Å². The molecule has 0 aromatic carbocycles. The molecule has 0 aliphatic heterocycles. The molecule has 0 aromatic rings. The number of carbonyl (C=O) groups is 2. The highest BCUT2D eigenvalue weighted by molar-refractivity contribution is 5.76. The Hall–Kier alpha value is -1.06. The smallest absolute Gasteiger partial charge is 0.220 e. The molecule has 0 spiro atoms. The second-order valence-corrected chi connectivity index (χ2v) is 5.58. The quantitative estimate of drug-likeness (QED) is 0.521. The summed E-state index contributed by atoms with van der Waals surface area (Å²) in [7, 11) is 0. The van der Waals surface area contributed by atoms with Crippen LogP contribution in [0.3, 0.4) is 0 Å². The lowest BCUT2D eigenvalue weighted by atomic mass is 9.92. The molecule has 0 aliphatic carbocycles. The molecule has 0 rings (SSSR count). The molecular formula is C13H26N2O2. The first-order chi connectivity index (χ1) is 7.89. The Labute approximate surface area is 105 Å². The average molecular weight is 242 g/mol. The third-order valence-electron chi connectivity index (χ3n) is 2.30. The van der Waals surface area contributed by atoms with Gasteiger partial charge in [0.2, 0.25) is 12.3 Å². The minimum atomic E-state index is 0.0289. The lowest BCUT2D eigenvalue weighted by molar-refractivity contribution is -0.122. The van der Waals surface area contributed by atoms with Crippen molar-refractivity contribution in [2.45, 2.75) is 47.0 Å². The molecule has 4 heteroatoms. The fraction of sp³-hybridized carbons (Fsp3) is 0.846. The zero-order chi connectivity index (χ0) is 13.3. The number of carbonyl (C=O) groups excluding carboxylic acids is 2. The van der Waals surface area contributed by atoms with E-state index in [0.29, 0.717) is 19.5 Å². The third-order valence-corrected chi connectivity index (χ3v) is 2.30. The maximum Gasteiger partial charge on any atom is 0.220 e. The van der Waals surface area contributed by atoms with Crippen LogP contribution in [-0.4, -0.2) is 36.9 Å². The van der Waals surface area contributed by atoms with Gasteiger partial charge in [-0.2, -0.15) is 0 Å². The molecular weight excluding hydrogens is 216 g/mol. The monoisotopic (exact) mass is 242 g/mol. The Kier molecular flexibility index (Phi) is 7.59. The molecule has 100 valence electrons. The van der Waals surface area contributed by atoms with Crippen LogP contribution < -0.4 is 5.32 Å². The summed E-state index contributed by atoms with van der Waals surface area (Å²) in [5, 5.41) is 2.88. The van der Waals surface area contributed by atoms with Gasteiger partial charge in [0, 0.05) is 26.1 Å². The third kappa shape index (κ3) is 9.85. The lowest BCUT2D eigenvalue weighted by Crippen LogP contribution is -2.31. The van der Waals surface area contributed by atoms with Crippen LogP contribution in [-0.2, 0) is 9.59 Å². The molecule has 2 amide bonds. The highest BCUT2D eigenvalue weighted by Gasteiger charge is 2.15. The number of amides is 2. The molecule has 0 saturated heterocycles. The van der Waals surface area contributed by atoms with E-state index in [0.717, 1.165) is 25.8 Å². The molecule has 4 nitrogen and oxygen atoms in total. The Morgan fingerprint density at radius 1 is 1.29 bits per heavy atom. The Balaban J connectivity index is 3.63. The zero-order valence-electron chi connectivity index (χ0n) is 11.6. The van der Waals surface area contributed by atoms with Crippen LogP contribution in [0.1, 0.15) is 47.0 Å². The fourth-order valence-electron chi connectivity index (χ4n) is 1.56. The van der Waals surface area contributed by atoms with Crippen LogP contribution in [0.5, 0.6) is 0 Å². The van der Waals surface area contributed by atoms with Crippen LogP contribution in [0, 0.1) is 5.41 Å². The summed E-state index contributed by atoms with van der Waals surface area (Å²) in [6, 6.07) is 0. The van der Waals surface area contributed by atoms with Crippen LogP contribution in [0.2, 0.25) is 0 Å². The summed E-state index contributed by atoms with van der Waals surface area (Å²) in [4.78, 5) is 23.9. The van der Waals surface area contributed by atoms with Crippen molar-refractivity contribution in [3.05, 3.63) is 0 Å². The van der Waals surface area contributed by atoms with E-state index in [2.05, 4.69) is 5.32 Å². The van der Waals surface area contributed by atoms with E-state index >= 15 is 0 Å². The van der Waals surface area contributed by atoms with Crippen LogP contribution >= 0.6 is 0 Å². The molecule has 1 N–H and O–H groups in total. The Bertz CT molecular complexity index is 234. The van der Waals surface area contributed by atoms with Gasteiger partial charge in [-0.25, -0.2) is 0 Å². The maximum absolute atomic E-state index is 11.5. The maximum atomic E-state index is 11.5. The van der Waals surface area contributed by atoms with Crippen molar-refractivity contribution in [1.82, 2.24) is 10.2 Å². The van der Waals surface area contributed by atoms with E-state index in [9.17, 15) is 9.59 Å². The standard InChI is InChI=1S/C13H26N2O2/c1-5-8-15(11-16)9-6-7-14-12(17)10-13(2,3)4/h11H,5-10H2,1-4H3,(H,14,17). The molecule has 0 unspecified atom stereocenters. The summed E-state index contributed by atoms with van der Waals surface area (Å²) >= 11 is 0. The topological polar surface area (TPSA) is 49.4 Å². The highest BCUT2D eigenvalue weighted by atomic mass is 16.1. The van der Waals surface area contributed by atoms with E-state index < -0.39 is 0 Å². The second kappa shape index (κ2) is 8.09. The normalized spacial score (nSPS) is 11.1. The minimum Gasteiger partial charge on any atom is -0.356 e. The van der Waals surface area contributed by atoms with Crippen molar-refractivity contribution in [2.24, 2.45) is 5.41 Å². The summed E-state index contributed by atoms with van der Waals surface area (Å²) in [5.41, 5.74) is 0.0289. The number of nitrogens with one attached hydrogen (secondary N) is 1. The molecule has 0 fully saturated rings. The molecule has 17 heavy (non-hydrogen) atoms. The predicted octanol–water partition coefficient (Wildman–Crippen LogP) is 1.80. The first-order valence-corrected chi connectivity index (χ1v) is 6.35. The zero-order valence-corrected chi connectivity index (χ0v) is 11.6. The second-order valence-electron chi connectivity index (χ2n) is 5.58. The van der Waals surface area contributed by atoms with E-state index in [4.69, 9.17) is 0 Å². The largest absolute Gasteiger partial charge is 0.356 e. The van der Waals surface area contributed by atoms with Gasteiger partial charge in [0.1, 0.15) is 0 Å². The molecule has 0 bridgehead atoms. The molecule has 0 atom stereocenters. The highest BCUT2D eigenvalue weighted by Crippen LogP contribution is 2.17. The van der Waals surface area contributed by atoms with Crippen LogP contribution in [0.4, 0.5) is 0 Å². The van der Waals surface area contributed by atoms with Gasteiger partial charge < -0.3 is 10.2 Å². The van der Waals surface area contributed by atoms with Crippen molar-refractivity contribution in [1.29, 1.82) is 0 Å². The Morgan fingerprint density at radius 3 is 2.41 bits per heavy atom. The van der Waals surface area contributed by atoms with Gasteiger partial charge in [0.15, 0.2) is 0 Å². The van der Waals surface area contributed by atoms with Gasteiger partial charge in [-0.1, -0.05) is 27.7 Å². The summed E-state index contributed by atoms with van der Waals surface area (Å²) < 4.78 is 0. The van der Waals surface area contributed by atoms with Gasteiger partial charge in [-0.05, 0) is 18.3 Å². The van der Waals surface area contributed by atoms with E-state index in [-0.39, 0.29) is 11.3 Å². The Morgan fingerprint density at radius 2 is 1.94 bits per heavy atom. The van der Waals surface area contributed by atoms with Gasteiger partial charge in [0.05, 0.1) is 0 Å². The van der Waals surface area contributed by atoms with E-state index in [1.54, 1.807) is 4.90 Å². The first kappa shape index (κ1) is 15.9. The fourth-order valence-corrected chi connectivity index (χ4v) is 1.56. The van der Waals surface area contributed by atoms with Crippen molar-refractivity contribution in [3.63, 3.8) is 0 Å². The number of hydrogen-bond acceptors (Lipinski definition) is 2. The number of hydrogen-bond donors (Lipinski definition) is 1. The molecule has 0 heterocycles. The molecule has 0 saturated carbocycles. The van der Waals surface area contributed by atoms with Crippen molar-refractivity contribution in [3.8, 4) is 0 Å². The molecule has 0 aromatic heterocycles. The first-order valence-electron chi connectivity index (χ1n) is 6.35. The number of nitrogens with zero attached hydrogens (tertiary/aromatic N) is 1. The van der Waals surface area contributed by atoms with E-state index in [1.807, 2.05) is 27.7 Å². The van der Waals surface area contributed by atoms with Gasteiger partial charge in [-0.3, -0.25) is 9.59 Å². The molecule has 0 radical (unpaired) electrons. The average Bonchev–Trinajstić information content (AvgIpc) is 2.20. The molecule has 0 aliphatic rings.